The van der Waals surface area contributed by atoms with Gasteiger partial charge in [-0.15, -0.1) is 0 Å². The summed E-state index contributed by atoms with van der Waals surface area (Å²) < 4.78 is 345. The van der Waals surface area contributed by atoms with Gasteiger partial charge in [0.05, 0.1) is 44.5 Å². The SMILES string of the molecule is BN(C)C.Cc1cc(C)c(N2[C-]=[N+](c3c(C)cc(C)cc3C)CC2)c(C)c1.Cc1cc(C)c(N2[C-]=[N+](c3c(C)cc(C)cc3C)CC2)c(C)c1.FC(F)(F)c1cc([B-](c2cc(C(F)(F)F)cc(C(F)(F)F)c2)(c2cc(C(F)(F)F)cc(C(F)(F)F)c2)c2cc(C(F)(F)F)cc(C(F)(F)F)c2)cc(C(F)(F)F)c1.[H-].[H-].[Ir+3]. The van der Waals surface area contributed by atoms with Gasteiger partial charge in [-0.3, -0.25) is 0 Å². The maximum atomic E-state index is 14.2. The van der Waals surface area contributed by atoms with Gasteiger partial charge >= 0.3 is 69.5 Å². The fourth-order valence-electron chi connectivity index (χ4n) is 14.0. The number of hydrogen-bond donors (Lipinski definition) is 0. The Morgan fingerprint density at radius 3 is 0.620 bits per heavy atom. The van der Waals surface area contributed by atoms with E-state index in [0.29, 0.717) is 0 Å². The van der Waals surface area contributed by atoms with Crippen LogP contribution in [0.25, 0.3) is 0 Å². The summed E-state index contributed by atoms with van der Waals surface area (Å²) in [6.07, 6.45) is -47.6. The molecule has 0 spiro atoms. The molecule has 0 saturated carbocycles. The van der Waals surface area contributed by atoms with Crippen molar-refractivity contribution in [2.24, 2.45) is 0 Å². The van der Waals surface area contributed by atoms with Crippen LogP contribution < -0.4 is 31.7 Å². The average molecular weight is 1730 g/mol. The minimum Gasteiger partial charge on any atom is -1.00 e. The van der Waals surface area contributed by atoms with E-state index >= 15 is 0 Å². The zero-order valence-corrected chi connectivity index (χ0v) is 63.0. The smallest absolute Gasteiger partial charge is 1.00 e. The normalized spacial score (nSPS) is 14.0. The molecule has 10 rings (SSSR count). The Labute approximate surface area is 626 Å². The van der Waals surface area contributed by atoms with Crippen molar-refractivity contribution in [3.63, 3.8) is 0 Å². The maximum Gasteiger partial charge on any atom is 3.00 e. The number of halogens is 24. The van der Waals surface area contributed by atoms with Crippen LogP contribution in [0, 0.1) is 83.1 Å². The summed E-state index contributed by atoms with van der Waals surface area (Å²) in [6, 6.07) is 9.26. The second-order valence-corrected chi connectivity index (χ2v) is 27.4. The van der Waals surface area contributed by atoms with E-state index in [9.17, 15) is 105 Å². The quantitative estimate of drug-likeness (QED) is 0.0653. The number of benzene rings is 8. The van der Waals surface area contributed by atoms with Gasteiger partial charge in [-0.1, -0.05) is 164 Å². The first-order chi connectivity index (χ1) is 48.7. The van der Waals surface area contributed by atoms with Gasteiger partial charge < -0.3 is 26.6 Å². The van der Waals surface area contributed by atoms with E-state index in [1.807, 2.05) is 26.9 Å². The van der Waals surface area contributed by atoms with E-state index in [4.69, 9.17) is 0 Å². The number of rotatable bonds is 8. The molecule has 2 heterocycles. The third kappa shape index (κ3) is 20.8. The van der Waals surface area contributed by atoms with E-state index in [1.54, 1.807) is 0 Å². The van der Waals surface area contributed by atoms with Crippen molar-refractivity contribution in [2.45, 2.75) is 132 Å². The Morgan fingerprint density at radius 1 is 0.306 bits per heavy atom. The summed E-state index contributed by atoms with van der Waals surface area (Å²) in [5, 5.41) is 0. The van der Waals surface area contributed by atoms with Crippen LogP contribution in [-0.2, 0) is 69.5 Å². The van der Waals surface area contributed by atoms with Gasteiger partial charge in [-0.05, 0) is 121 Å². The Balaban J connectivity index is 0.000000392. The van der Waals surface area contributed by atoms with Crippen molar-refractivity contribution in [1.82, 2.24) is 4.81 Å². The second kappa shape index (κ2) is 32.4. The molecule has 0 unspecified atom stereocenters. The van der Waals surface area contributed by atoms with Crippen molar-refractivity contribution in [2.75, 3.05) is 50.1 Å². The van der Waals surface area contributed by atoms with Gasteiger partial charge in [0.15, 0.2) is 7.98 Å². The molecule has 0 fully saturated rings. The molecule has 0 radical (unpaired) electrons. The molecular formula is C76H74B2F24IrN5. The van der Waals surface area contributed by atoms with Crippen molar-refractivity contribution in [1.29, 1.82) is 0 Å². The first kappa shape index (κ1) is 88.7. The molecule has 586 valence electrons. The van der Waals surface area contributed by atoms with Crippen LogP contribution in [0.1, 0.15) is 114 Å². The molecule has 108 heavy (non-hydrogen) atoms. The maximum absolute atomic E-state index is 14.2. The Kier molecular flexibility index (Phi) is 26.6. The number of nitrogens with zero attached hydrogens (tertiary/aromatic N) is 5. The number of hydrogen-bond acceptors (Lipinski definition) is 3. The zero-order valence-electron chi connectivity index (χ0n) is 62.6. The number of alkyl halides is 24. The van der Waals surface area contributed by atoms with Crippen LogP contribution in [0.5, 0.6) is 0 Å². The van der Waals surface area contributed by atoms with Gasteiger partial charge in [0.1, 0.15) is 32.3 Å². The topological polar surface area (TPSA) is 15.7 Å². The first-order valence-corrected chi connectivity index (χ1v) is 32.6. The minimum absolute atomic E-state index is 0. The summed E-state index contributed by atoms with van der Waals surface area (Å²) in [6.45, 7) is 30.1. The van der Waals surface area contributed by atoms with E-state index in [-0.39, 0.29) is 23.0 Å². The molecule has 5 nitrogen and oxygen atoms in total. The summed E-state index contributed by atoms with van der Waals surface area (Å²) in [5.41, 5.74) is -9.06. The predicted octanol–water partition coefficient (Wildman–Crippen LogP) is 19.7. The van der Waals surface area contributed by atoms with Crippen molar-refractivity contribution in [3.05, 3.63) is 233 Å². The Hall–Kier alpha value is -8.24. The van der Waals surface area contributed by atoms with E-state index in [0.717, 1.165) is 26.2 Å². The Bertz CT molecular complexity index is 4040. The first-order valence-electron chi connectivity index (χ1n) is 32.6. The molecule has 0 amide bonds. The van der Waals surface area contributed by atoms with Gasteiger partial charge in [0.2, 0.25) is 12.7 Å². The van der Waals surface area contributed by atoms with E-state index in [2.05, 4.69) is 163 Å². The van der Waals surface area contributed by atoms with Crippen LogP contribution in [0.4, 0.5) is 128 Å². The van der Waals surface area contributed by atoms with Crippen LogP contribution in [-0.4, -0.2) is 81.0 Å². The summed E-state index contributed by atoms with van der Waals surface area (Å²) >= 11 is 0. The van der Waals surface area contributed by atoms with Crippen LogP contribution in [0.15, 0.2) is 121 Å². The molecule has 0 bridgehead atoms. The van der Waals surface area contributed by atoms with Crippen LogP contribution in [0.3, 0.4) is 0 Å². The third-order valence-corrected chi connectivity index (χ3v) is 17.6. The summed E-state index contributed by atoms with van der Waals surface area (Å²) in [4.78, 5) is 6.56. The molecule has 8 aromatic carbocycles. The molecule has 32 heteroatoms. The molecule has 0 aliphatic carbocycles. The van der Waals surface area contributed by atoms with Crippen molar-refractivity contribution < 1.29 is 137 Å². The Morgan fingerprint density at radius 2 is 0.463 bits per heavy atom. The van der Waals surface area contributed by atoms with Crippen LogP contribution >= 0.6 is 0 Å². The van der Waals surface area contributed by atoms with Gasteiger partial charge in [-0.2, -0.15) is 127 Å². The van der Waals surface area contributed by atoms with Gasteiger partial charge in [0.25, 0.3) is 0 Å². The van der Waals surface area contributed by atoms with Crippen LogP contribution in [0.2, 0.25) is 0 Å². The molecule has 2 aliphatic heterocycles. The molecular weight excluding hydrogens is 1650 g/mol. The monoisotopic (exact) mass is 1730 g/mol. The van der Waals surface area contributed by atoms with E-state index in [1.165, 1.54) is 89.5 Å². The van der Waals surface area contributed by atoms with Gasteiger partial charge in [-0.25, -0.2) is 0 Å². The minimum atomic E-state index is -6.13. The van der Waals surface area contributed by atoms with Crippen molar-refractivity contribution >= 4 is 71.4 Å². The van der Waals surface area contributed by atoms with E-state index < -0.39 is 195 Å². The average Bonchev–Trinajstić information content (AvgIpc) is 0.938. The fraction of sp³-hybridized carbons (Fsp3) is 0.342. The van der Waals surface area contributed by atoms with Gasteiger partial charge in [0, 0.05) is 22.7 Å². The molecule has 0 saturated heterocycles. The molecule has 8 aromatic rings. The summed E-state index contributed by atoms with van der Waals surface area (Å²) in [7, 11) is 6.00. The molecule has 2 aliphatic rings. The third-order valence-electron chi connectivity index (χ3n) is 17.6. The number of anilines is 2. The predicted molar refractivity (Wildman–Crippen MR) is 371 cm³/mol. The zero-order chi connectivity index (χ0) is 80.9. The molecule has 0 N–H and O–H groups in total. The molecule has 0 aromatic heterocycles. The second-order valence-electron chi connectivity index (χ2n) is 27.4. The fourth-order valence-corrected chi connectivity index (χ4v) is 14.0. The summed E-state index contributed by atoms with van der Waals surface area (Å²) in [5.74, 6) is 0. The molecule has 0 atom stereocenters. The largest absolute Gasteiger partial charge is 3.00 e. The van der Waals surface area contributed by atoms with Crippen molar-refractivity contribution in [3.8, 4) is 0 Å². The standard InChI is InChI=1S/C32H12BF24.2C21H26N2.C2H8BN.Ir.2H/c34-25(35,36)13-1-14(26(37,38)39)6-21(5-13)33(22-7-15(27(40,41)42)2-16(8-22)28(43,44)45,23-9-17(29(46,47)48)3-18(10-23)30(49,50)51)24-11-19(31(52,53)54)4-20(12-24)32(55,56)57;2*1-14-9-16(3)20(17(4)10-14)22-7-8-23(13-22)21-18(5)11-15(2)12-19(21)6;1-4(2)3;;;/h1-12H;2*9-12H,7-8H2,1-6H3;3H2,1-2H3;;;/q-1;;;;+3;2*-1. The number of aryl methyl sites for hydroxylation is 12.